The molecule has 0 unspecified atom stereocenters. The molecule has 0 bridgehead atoms. The molecule has 2 atom stereocenters. The van der Waals surface area contributed by atoms with Crippen LogP contribution in [0.2, 0.25) is 0 Å². The Balaban J connectivity index is 1.44. The zero-order valence-corrected chi connectivity index (χ0v) is 18.0. The van der Waals surface area contributed by atoms with Crippen LogP contribution in [0.5, 0.6) is 11.8 Å². The van der Waals surface area contributed by atoms with E-state index in [1.54, 1.807) is 14.2 Å². The summed E-state index contributed by atoms with van der Waals surface area (Å²) < 4.78 is 12.9. The lowest BCUT2D eigenvalue weighted by atomic mass is 9.80. The van der Waals surface area contributed by atoms with E-state index in [4.69, 9.17) is 9.47 Å². The number of methoxy groups -OCH3 is 2. The van der Waals surface area contributed by atoms with E-state index in [1.807, 2.05) is 12.1 Å². The fraction of sp³-hybridized carbons (Fsp3) is 0.375. The minimum Gasteiger partial charge on any atom is -0.481 e. The molecule has 0 saturated heterocycles. The predicted octanol–water partition coefficient (Wildman–Crippen LogP) is 3.57. The van der Waals surface area contributed by atoms with Crippen LogP contribution >= 0.6 is 0 Å². The number of aryl methyl sites for hydroxylation is 1. The first-order valence-electron chi connectivity index (χ1n) is 10.4. The lowest BCUT2D eigenvalue weighted by Gasteiger charge is -2.40. The van der Waals surface area contributed by atoms with Crippen LogP contribution in [0, 0.1) is 5.92 Å². The first-order chi connectivity index (χ1) is 14.6. The molecular formula is C24H28N4O2. The van der Waals surface area contributed by atoms with Gasteiger partial charge in [0.1, 0.15) is 0 Å². The summed E-state index contributed by atoms with van der Waals surface area (Å²) in [5, 5.41) is 4.95. The molecule has 3 aromatic rings. The van der Waals surface area contributed by atoms with Crippen molar-refractivity contribution >= 4 is 22.2 Å². The van der Waals surface area contributed by atoms with Crippen LogP contribution in [0.15, 0.2) is 42.6 Å². The number of aromatic nitrogens is 2. The molecule has 0 spiro atoms. The molecule has 6 nitrogen and oxygen atoms in total. The second kappa shape index (κ2) is 7.36. The fourth-order valence-corrected chi connectivity index (χ4v) is 5.02. The van der Waals surface area contributed by atoms with Crippen molar-refractivity contribution in [2.45, 2.75) is 12.5 Å². The molecule has 0 radical (unpaired) electrons. The van der Waals surface area contributed by atoms with Crippen LogP contribution in [-0.4, -0.2) is 54.8 Å². The van der Waals surface area contributed by atoms with E-state index in [0.29, 0.717) is 23.7 Å². The van der Waals surface area contributed by atoms with E-state index >= 15 is 0 Å². The molecule has 1 N–H and O–H groups in total. The molecule has 0 saturated carbocycles. The number of fused-ring (bicyclic) bond motifs is 2. The number of pyridine rings is 1. The summed E-state index contributed by atoms with van der Waals surface area (Å²) in [5.74, 6) is 1.50. The highest BCUT2D eigenvalue weighted by molar-refractivity contribution is 5.98. The Morgan fingerprint density at radius 3 is 2.80 bits per heavy atom. The number of rotatable bonds is 5. The number of anilines is 1. The summed E-state index contributed by atoms with van der Waals surface area (Å²) >= 11 is 0. The van der Waals surface area contributed by atoms with Crippen molar-refractivity contribution in [1.82, 2.24) is 14.5 Å². The van der Waals surface area contributed by atoms with Crippen molar-refractivity contribution < 1.29 is 9.47 Å². The standard InChI is InChI=1S/C24H28N4O2/c1-27-13-15(12-25-19-8-9-22(29-3)26-24(19)30-4)10-18-17-6-5-7-20-23(17)16(11-21(18)27)14-28(20)2/h5-10,14-15,21,25H,11-13H2,1-4H3/t15-,21+/m0/s1. The summed E-state index contributed by atoms with van der Waals surface area (Å²) in [4.78, 5) is 6.87. The molecule has 1 aliphatic carbocycles. The number of hydrogen-bond donors (Lipinski definition) is 1. The van der Waals surface area contributed by atoms with Gasteiger partial charge in [0.25, 0.3) is 0 Å². The first kappa shape index (κ1) is 19.0. The zero-order valence-electron chi connectivity index (χ0n) is 18.0. The third-order valence-electron chi connectivity index (χ3n) is 6.44. The maximum absolute atomic E-state index is 5.43. The Kier molecular flexibility index (Phi) is 4.66. The Labute approximate surface area is 177 Å². The largest absolute Gasteiger partial charge is 0.481 e. The number of nitrogens with one attached hydrogen (secondary N) is 1. The summed E-state index contributed by atoms with van der Waals surface area (Å²) in [5.41, 5.74) is 6.51. The van der Waals surface area contributed by atoms with Gasteiger partial charge in [-0.3, -0.25) is 4.90 Å². The lowest BCUT2D eigenvalue weighted by molar-refractivity contribution is 0.249. The van der Waals surface area contributed by atoms with Crippen molar-refractivity contribution in [3.8, 4) is 11.8 Å². The molecule has 30 heavy (non-hydrogen) atoms. The normalized spacial score (nSPS) is 20.6. The van der Waals surface area contributed by atoms with Gasteiger partial charge >= 0.3 is 0 Å². The molecule has 0 fully saturated rings. The van der Waals surface area contributed by atoms with Crippen LogP contribution in [0.3, 0.4) is 0 Å². The molecule has 6 heteroatoms. The van der Waals surface area contributed by atoms with Crippen LogP contribution in [0.1, 0.15) is 11.1 Å². The maximum atomic E-state index is 5.43. The van der Waals surface area contributed by atoms with Crippen molar-refractivity contribution in [2.24, 2.45) is 13.0 Å². The average Bonchev–Trinajstić information content (AvgIpc) is 3.09. The first-order valence-corrected chi connectivity index (χ1v) is 10.4. The van der Waals surface area contributed by atoms with Gasteiger partial charge in [-0.05, 0) is 42.3 Å². The summed E-state index contributed by atoms with van der Waals surface area (Å²) in [6, 6.07) is 10.9. The van der Waals surface area contributed by atoms with Crippen molar-refractivity contribution in [3.05, 3.63) is 53.7 Å². The lowest BCUT2D eigenvalue weighted by Crippen LogP contribution is -2.43. The molecule has 156 valence electrons. The van der Waals surface area contributed by atoms with E-state index in [-0.39, 0.29) is 0 Å². The summed E-state index contributed by atoms with van der Waals surface area (Å²) in [7, 11) is 7.63. The van der Waals surface area contributed by atoms with Gasteiger partial charge in [0.15, 0.2) is 0 Å². The minimum atomic E-state index is 0.397. The molecular weight excluding hydrogens is 376 g/mol. The van der Waals surface area contributed by atoms with E-state index in [2.05, 4.69) is 64.3 Å². The number of hydrogen-bond acceptors (Lipinski definition) is 5. The number of nitrogens with zero attached hydrogens (tertiary/aromatic N) is 3. The van der Waals surface area contributed by atoms with E-state index in [9.17, 15) is 0 Å². The third-order valence-corrected chi connectivity index (χ3v) is 6.44. The third kappa shape index (κ3) is 3.03. The predicted molar refractivity (Wildman–Crippen MR) is 120 cm³/mol. The van der Waals surface area contributed by atoms with Gasteiger partial charge in [-0.1, -0.05) is 18.2 Å². The molecule has 3 heterocycles. The SMILES string of the molecule is COc1ccc(NC[C@@H]2C=C3c4cccc5c4c(cn5C)C[C@H]3N(C)C2)c(OC)n1. The van der Waals surface area contributed by atoms with Crippen LogP contribution in [0.4, 0.5) is 5.69 Å². The minimum absolute atomic E-state index is 0.397. The van der Waals surface area contributed by atoms with E-state index < -0.39 is 0 Å². The van der Waals surface area contributed by atoms with E-state index in [0.717, 1.165) is 25.2 Å². The molecule has 5 rings (SSSR count). The second-order valence-corrected chi connectivity index (χ2v) is 8.30. The average molecular weight is 405 g/mol. The highest BCUT2D eigenvalue weighted by Gasteiger charge is 2.33. The van der Waals surface area contributed by atoms with Gasteiger partial charge in [0.2, 0.25) is 11.8 Å². The number of ether oxygens (including phenoxy) is 2. The van der Waals surface area contributed by atoms with Gasteiger partial charge in [-0.2, -0.15) is 4.98 Å². The molecule has 2 aliphatic rings. The smallest absolute Gasteiger partial charge is 0.240 e. The quantitative estimate of drug-likeness (QED) is 0.705. The molecule has 1 aliphatic heterocycles. The van der Waals surface area contributed by atoms with Gasteiger partial charge < -0.3 is 19.4 Å². The highest BCUT2D eigenvalue weighted by atomic mass is 16.5. The van der Waals surface area contributed by atoms with Gasteiger partial charge in [-0.25, -0.2) is 0 Å². The Morgan fingerprint density at radius 2 is 2.00 bits per heavy atom. The number of likely N-dealkylation sites (N-methyl/N-ethyl adjacent to an activating group) is 1. The monoisotopic (exact) mass is 404 g/mol. The summed E-state index contributed by atoms with van der Waals surface area (Å²) in [6.07, 6.45) is 5.86. The van der Waals surface area contributed by atoms with E-state index in [1.165, 1.54) is 27.6 Å². The van der Waals surface area contributed by atoms with Gasteiger partial charge in [-0.15, -0.1) is 0 Å². The van der Waals surface area contributed by atoms with Crippen molar-refractivity contribution in [1.29, 1.82) is 0 Å². The topological polar surface area (TPSA) is 51.5 Å². The second-order valence-electron chi connectivity index (χ2n) is 8.30. The number of benzene rings is 1. The molecule has 1 aromatic carbocycles. The maximum Gasteiger partial charge on any atom is 0.240 e. The highest BCUT2D eigenvalue weighted by Crippen LogP contribution is 2.41. The van der Waals surface area contributed by atoms with Crippen molar-refractivity contribution in [2.75, 3.05) is 39.7 Å². The Morgan fingerprint density at radius 1 is 1.13 bits per heavy atom. The van der Waals surface area contributed by atoms with Crippen molar-refractivity contribution in [3.63, 3.8) is 0 Å². The fourth-order valence-electron chi connectivity index (χ4n) is 5.02. The van der Waals surface area contributed by atoms with Crippen LogP contribution in [-0.2, 0) is 13.5 Å². The zero-order chi connectivity index (χ0) is 20.8. The van der Waals surface area contributed by atoms with Gasteiger partial charge in [0, 0.05) is 55.3 Å². The van der Waals surface area contributed by atoms with Crippen LogP contribution < -0.4 is 14.8 Å². The van der Waals surface area contributed by atoms with Crippen LogP contribution in [0.25, 0.3) is 16.5 Å². The molecule has 2 aromatic heterocycles. The molecule has 0 amide bonds. The Bertz CT molecular complexity index is 1130. The van der Waals surface area contributed by atoms with Gasteiger partial charge in [0.05, 0.1) is 19.9 Å². The Hall–Kier alpha value is -2.99. The summed E-state index contributed by atoms with van der Waals surface area (Å²) in [6.45, 7) is 1.84.